The molecule has 0 fully saturated rings. The molecule has 0 radical (unpaired) electrons. The fourth-order valence-electron chi connectivity index (χ4n) is 3.41. The highest BCUT2D eigenvalue weighted by molar-refractivity contribution is 7.89. The number of sulfonamides is 1. The highest BCUT2D eigenvalue weighted by Gasteiger charge is 2.40. The summed E-state index contributed by atoms with van der Waals surface area (Å²) in [5.41, 5.74) is 5.62. The van der Waals surface area contributed by atoms with Crippen molar-refractivity contribution in [2.45, 2.75) is 38.3 Å². The van der Waals surface area contributed by atoms with Crippen molar-refractivity contribution < 1.29 is 26.4 Å². The van der Waals surface area contributed by atoms with Crippen molar-refractivity contribution in [3.63, 3.8) is 0 Å². The number of carbonyl (C=O) groups is 1. The molecule has 1 amide bonds. The van der Waals surface area contributed by atoms with Crippen LogP contribution in [0.15, 0.2) is 18.2 Å². The molecule has 0 spiro atoms. The third-order valence-electron chi connectivity index (χ3n) is 4.68. The summed E-state index contributed by atoms with van der Waals surface area (Å²) in [6.07, 6.45) is -2.53. The molecule has 1 aliphatic carbocycles. The zero-order chi connectivity index (χ0) is 20.7. The summed E-state index contributed by atoms with van der Waals surface area (Å²) < 4.78 is 63.6. The molecule has 4 N–H and O–H groups in total. The van der Waals surface area contributed by atoms with E-state index in [1.165, 1.54) is 18.2 Å². The Bertz CT molecular complexity index is 1030. The molecular formula is C17H19F3N4O3S. The molecule has 3 rings (SSSR count). The summed E-state index contributed by atoms with van der Waals surface area (Å²) in [6.45, 7) is 0. The van der Waals surface area contributed by atoms with Crippen LogP contribution in [-0.4, -0.2) is 29.9 Å². The van der Waals surface area contributed by atoms with E-state index in [0.717, 1.165) is 4.68 Å². The number of fused-ring (bicyclic) bond motifs is 1. The molecule has 1 heterocycles. The summed E-state index contributed by atoms with van der Waals surface area (Å²) in [6, 6.07) is 4.32. The van der Waals surface area contributed by atoms with Crippen LogP contribution in [0.4, 0.5) is 13.2 Å². The Balaban J connectivity index is 2.11. The molecule has 1 aliphatic rings. The fourth-order valence-corrected chi connectivity index (χ4v) is 3.93. The van der Waals surface area contributed by atoms with Gasteiger partial charge in [-0.2, -0.15) is 18.3 Å². The number of aryl methyl sites for hydroxylation is 1. The molecule has 0 bridgehead atoms. The Morgan fingerprint density at radius 2 is 1.89 bits per heavy atom. The van der Waals surface area contributed by atoms with Gasteiger partial charge in [0.1, 0.15) is 0 Å². The standard InChI is InChI=1S/C17H19F3N4O3S/c18-17(19,20)15-11-3-1-2-4-13(11)24(23-15)14-6-5-10(7-8-28(22,26)27)9-12(14)16(21)25/h5-6,9H,1-4,7-8H2,(H2,21,25)(H2,22,26,27). The Labute approximate surface area is 159 Å². The van der Waals surface area contributed by atoms with Gasteiger partial charge in [-0.05, 0) is 49.8 Å². The molecule has 0 unspecified atom stereocenters. The van der Waals surface area contributed by atoms with Gasteiger partial charge in [-0.15, -0.1) is 0 Å². The lowest BCUT2D eigenvalue weighted by Crippen LogP contribution is -2.19. The zero-order valence-electron chi connectivity index (χ0n) is 14.8. The molecular weight excluding hydrogens is 397 g/mol. The topological polar surface area (TPSA) is 121 Å². The van der Waals surface area contributed by atoms with E-state index in [-0.39, 0.29) is 35.4 Å². The quantitative estimate of drug-likeness (QED) is 0.770. The molecule has 11 heteroatoms. The van der Waals surface area contributed by atoms with Gasteiger partial charge in [-0.25, -0.2) is 18.2 Å². The first kappa shape index (κ1) is 20.3. The average molecular weight is 416 g/mol. The Morgan fingerprint density at radius 1 is 1.21 bits per heavy atom. The summed E-state index contributed by atoms with van der Waals surface area (Å²) >= 11 is 0. The van der Waals surface area contributed by atoms with Crippen molar-refractivity contribution in [3.8, 4) is 5.69 Å². The van der Waals surface area contributed by atoms with Crippen molar-refractivity contribution in [2.24, 2.45) is 10.9 Å². The van der Waals surface area contributed by atoms with E-state index in [4.69, 9.17) is 10.9 Å². The SMILES string of the molecule is NC(=O)c1cc(CCS(N)(=O)=O)ccc1-n1nc(C(F)(F)F)c2c1CCCC2. The second-order valence-corrected chi connectivity index (χ2v) is 8.46. The lowest BCUT2D eigenvalue weighted by Gasteiger charge is -2.16. The predicted octanol–water partition coefficient (Wildman–Crippen LogP) is 1.70. The second-order valence-electron chi connectivity index (χ2n) is 6.72. The number of nitrogens with zero attached hydrogens (tertiary/aromatic N) is 2. The molecule has 28 heavy (non-hydrogen) atoms. The average Bonchev–Trinajstić information content (AvgIpc) is 2.99. The first-order valence-corrected chi connectivity index (χ1v) is 10.3. The molecule has 0 saturated heterocycles. The molecule has 1 aromatic carbocycles. The van der Waals surface area contributed by atoms with E-state index in [0.29, 0.717) is 30.5 Å². The minimum Gasteiger partial charge on any atom is -0.366 e. The van der Waals surface area contributed by atoms with Gasteiger partial charge in [-0.1, -0.05) is 6.07 Å². The number of alkyl halides is 3. The van der Waals surface area contributed by atoms with Crippen LogP contribution in [0.5, 0.6) is 0 Å². The number of carbonyl (C=O) groups excluding carboxylic acids is 1. The molecule has 1 aromatic heterocycles. The maximum Gasteiger partial charge on any atom is 0.435 e. The lowest BCUT2D eigenvalue weighted by atomic mass is 9.95. The first-order valence-electron chi connectivity index (χ1n) is 8.59. The van der Waals surface area contributed by atoms with Crippen molar-refractivity contribution in [2.75, 3.05) is 5.75 Å². The van der Waals surface area contributed by atoms with Crippen LogP contribution in [0, 0.1) is 0 Å². The van der Waals surface area contributed by atoms with E-state index in [9.17, 15) is 26.4 Å². The number of hydrogen-bond donors (Lipinski definition) is 2. The predicted molar refractivity (Wildman–Crippen MR) is 95.4 cm³/mol. The van der Waals surface area contributed by atoms with Crippen LogP contribution in [-0.2, 0) is 35.5 Å². The van der Waals surface area contributed by atoms with Crippen LogP contribution < -0.4 is 10.9 Å². The van der Waals surface area contributed by atoms with E-state index in [1.807, 2.05) is 0 Å². The van der Waals surface area contributed by atoms with Crippen molar-refractivity contribution in [1.29, 1.82) is 0 Å². The van der Waals surface area contributed by atoms with E-state index < -0.39 is 27.8 Å². The van der Waals surface area contributed by atoms with Gasteiger partial charge < -0.3 is 5.73 Å². The highest BCUT2D eigenvalue weighted by Crippen LogP contribution is 2.37. The lowest BCUT2D eigenvalue weighted by molar-refractivity contribution is -0.142. The summed E-state index contributed by atoms with van der Waals surface area (Å²) in [4.78, 5) is 11.9. The van der Waals surface area contributed by atoms with Gasteiger partial charge in [-0.3, -0.25) is 4.79 Å². The van der Waals surface area contributed by atoms with Gasteiger partial charge in [0.05, 0.1) is 17.0 Å². The monoisotopic (exact) mass is 416 g/mol. The normalized spacial score (nSPS) is 14.7. The number of aromatic nitrogens is 2. The first-order chi connectivity index (χ1) is 13.0. The molecule has 0 atom stereocenters. The van der Waals surface area contributed by atoms with Crippen LogP contribution in [0.25, 0.3) is 5.69 Å². The molecule has 7 nitrogen and oxygen atoms in total. The minimum atomic E-state index is -4.60. The number of benzene rings is 1. The zero-order valence-corrected chi connectivity index (χ0v) is 15.6. The number of amides is 1. The van der Waals surface area contributed by atoms with Crippen molar-refractivity contribution in [1.82, 2.24) is 9.78 Å². The number of primary amides is 1. The number of hydrogen-bond acceptors (Lipinski definition) is 4. The molecule has 2 aromatic rings. The Morgan fingerprint density at radius 3 is 2.50 bits per heavy atom. The second kappa shape index (κ2) is 7.21. The summed E-state index contributed by atoms with van der Waals surface area (Å²) in [5, 5.41) is 8.74. The third-order valence-corrected chi connectivity index (χ3v) is 5.45. The van der Waals surface area contributed by atoms with Gasteiger partial charge in [0.25, 0.3) is 5.91 Å². The van der Waals surface area contributed by atoms with Gasteiger partial charge in [0.15, 0.2) is 5.69 Å². The Kier molecular flexibility index (Phi) is 5.24. The van der Waals surface area contributed by atoms with Crippen LogP contribution in [0.2, 0.25) is 0 Å². The van der Waals surface area contributed by atoms with Gasteiger partial charge in [0, 0.05) is 11.3 Å². The Hall–Kier alpha value is -2.40. The van der Waals surface area contributed by atoms with E-state index in [1.54, 1.807) is 0 Å². The van der Waals surface area contributed by atoms with Gasteiger partial charge >= 0.3 is 6.18 Å². The smallest absolute Gasteiger partial charge is 0.366 e. The fraction of sp³-hybridized carbons (Fsp3) is 0.412. The maximum absolute atomic E-state index is 13.4. The number of halogens is 3. The van der Waals surface area contributed by atoms with Crippen molar-refractivity contribution in [3.05, 3.63) is 46.3 Å². The number of rotatable bonds is 5. The highest BCUT2D eigenvalue weighted by atomic mass is 32.2. The number of nitrogens with two attached hydrogens (primary N) is 2. The summed E-state index contributed by atoms with van der Waals surface area (Å²) in [5.74, 6) is -1.18. The summed E-state index contributed by atoms with van der Waals surface area (Å²) in [7, 11) is -3.70. The minimum absolute atomic E-state index is 0.0310. The van der Waals surface area contributed by atoms with E-state index in [2.05, 4.69) is 5.10 Å². The van der Waals surface area contributed by atoms with Crippen LogP contribution in [0.3, 0.4) is 0 Å². The molecule has 0 aliphatic heterocycles. The largest absolute Gasteiger partial charge is 0.435 e. The van der Waals surface area contributed by atoms with Crippen LogP contribution >= 0.6 is 0 Å². The van der Waals surface area contributed by atoms with Crippen molar-refractivity contribution >= 4 is 15.9 Å². The van der Waals surface area contributed by atoms with Crippen LogP contribution in [0.1, 0.15) is 45.7 Å². The number of primary sulfonamides is 1. The van der Waals surface area contributed by atoms with E-state index >= 15 is 0 Å². The molecule has 152 valence electrons. The molecule has 0 saturated carbocycles. The maximum atomic E-state index is 13.4. The van der Waals surface area contributed by atoms with Gasteiger partial charge in [0.2, 0.25) is 10.0 Å². The third kappa shape index (κ3) is 4.20.